The molecule has 96 valence electrons. The standard InChI is InChI=1S/C10H11N5O2.HI/c1-15-7-5-3-2-4-6(7)8(9(15)16)12-13-10(11)14-17;/h2-5,12,16H,1H3,(H2,11,13);1H. The minimum Gasteiger partial charge on any atom is -0.493 e. The molecule has 4 N–H and O–H groups in total. The molecule has 2 aromatic rings. The average molecular weight is 361 g/mol. The van der Waals surface area contributed by atoms with Crippen molar-refractivity contribution in [3.63, 3.8) is 0 Å². The van der Waals surface area contributed by atoms with Gasteiger partial charge in [0.1, 0.15) is 5.69 Å². The van der Waals surface area contributed by atoms with Crippen LogP contribution in [-0.2, 0) is 7.05 Å². The number of fused-ring (bicyclic) bond motifs is 1. The van der Waals surface area contributed by atoms with Gasteiger partial charge in [-0.25, -0.2) is 0 Å². The summed E-state index contributed by atoms with van der Waals surface area (Å²) in [6.45, 7) is 0. The first-order valence-corrected chi connectivity index (χ1v) is 4.84. The number of hydrogen-bond acceptors (Lipinski definition) is 4. The maximum Gasteiger partial charge on any atom is 0.279 e. The molecule has 0 aliphatic heterocycles. The van der Waals surface area contributed by atoms with Gasteiger partial charge in [-0.05, 0) is 6.07 Å². The predicted molar refractivity (Wildman–Crippen MR) is 81.0 cm³/mol. The summed E-state index contributed by atoms with van der Waals surface area (Å²) in [6.07, 6.45) is 0. The van der Waals surface area contributed by atoms with E-state index < -0.39 is 5.96 Å². The van der Waals surface area contributed by atoms with Crippen molar-refractivity contribution >= 4 is 46.5 Å². The Morgan fingerprint density at radius 1 is 1.44 bits per heavy atom. The highest BCUT2D eigenvalue weighted by Gasteiger charge is 2.13. The summed E-state index contributed by atoms with van der Waals surface area (Å²) in [5.41, 5.74) is 8.89. The first-order valence-electron chi connectivity index (χ1n) is 4.84. The molecule has 0 radical (unpaired) electrons. The smallest absolute Gasteiger partial charge is 0.279 e. The molecule has 0 saturated heterocycles. The fourth-order valence-electron chi connectivity index (χ4n) is 1.62. The second-order valence-corrected chi connectivity index (χ2v) is 3.45. The van der Waals surface area contributed by atoms with E-state index in [0.29, 0.717) is 5.69 Å². The maximum absolute atomic E-state index is 10.1. The summed E-state index contributed by atoms with van der Waals surface area (Å²) in [5.74, 6) is -0.425. The summed E-state index contributed by atoms with van der Waals surface area (Å²) in [4.78, 5) is 10.1. The number of nitrogens with one attached hydrogen (secondary N) is 1. The third-order valence-electron chi connectivity index (χ3n) is 2.45. The van der Waals surface area contributed by atoms with E-state index in [0.717, 1.165) is 10.9 Å². The van der Waals surface area contributed by atoms with Gasteiger partial charge < -0.3 is 15.4 Å². The summed E-state index contributed by atoms with van der Waals surface area (Å²) >= 11 is 0. The van der Waals surface area contributed by atoms with E-state index in [1.807, 2.05) is 24.3 Å². The van der Waals surface area contributed by atoms with Crippen molar-refractivity contribution in [2.45, 2.75) is 0 Å². The Bertz CT molecular complexity index is 608. The van der Waals surface area contributed by atoms with Gasteiger partial charge in [-0.2, -0.15) is 0 Å². The van der Waals surface area contributed by atoms with E-state index in [9.17, 15) is 10.0 Å². The number of aryl methyl sites for hydroxylation is 1. The van der Waals surface area contributed by atoms with Gasteiger partial charge in [0.15, 0.2) is 0 Å². The summed E-state index contributed by atoms with van der Waals surface area (Å²) < 4.78 is 1.59. The highest BCUT2D eigenvalue weighted by molar-refractivity contribution is 14.0. The van der Waals surface area contributed by atoms with Gasteiger partial charge in [-0.15, -0.1) is 34.0 Å². The number of hydrogen-bond donors (Lipinski definition) is 3. The van der Waals surface area contributed by atoms with E-state index in [4.69, 9.17) is 5.73 Å². The number of nitrogens with zero attached hydrogens (tertiary/aromatic N) is 3. The van der Waals surface area contributed by atoms with Gasteiger partial charge in [0, 0.05) is 17.6 Å². The van der Waals surface area contributed by atoms with Crippen LogP contribution in [0.5, 0.6) is 5.88 Å². The lowest BCUT2D eigenvalue weighted by Gasteiger charge is -1.99. The van der Waals surface area contributed by atoms with E-state index in [1.165, 1.54) is 0 Å². The van der Waals surface area contributed by atoms with Crippen molar-refractivity contribution in [2.75, 3.05) is 5.43 Å². The van der Waals surface area contributed by atoms with Crippen LogP contribution in [0.2, 0.25) is 0 Å². The van der Waals surface area contributed by atoms with Gasteiger partial charge in [-0.1, -0.05) is 18.2 Å². The van der Waals surface area contributed by atoms with Crippen molar-refractivity contribution < 1.29 is 5.11 Å². The van der Waals surface area contributed by atoms with E-state index in [-0.39, 0.29) is 29.9 Å². The number of halogens is 1. The monoisotopic (exact) mass is 361 g/mol. The molecule has 1 aromatic carbocycles. The molecule has 1 heterocycles. The van der Waals surface area contributed by atoms with Crippen LogP contribution in [0, 0.1) is 4.91 Å². The topological polar surface area (TPSA) is 105 Å². The van der Waals surface area contributed by atoms with Crippen molar-refractivity contribution in [3.8, 4) is 5.88 Å². The van der Waals surface area contributed by atoms with E-state index >= 15 is 0 Å². The largest absolute Gasteiger partial charge is 0.493 e. The number of nitroso groups, excluding NO2 is 1. The number of benzene rings is 1. The first-order chi connectivity index (χ1) is 8.15. The van der Waals surface area contributed by atoms with Crippen LogP contribution in [0.25, 0.3) is 10.9 Å². The molecule has 0 spiro atoms. The Morgan fingerprint density at radius 2 is 2.11 bits per heavy atom. The third kappa shape index (κ3) is 2.37. The van der Waals surface area contributed by atoms with E-state index in [1.54, 1.807) is 11.6 Å². The number of rotatable bonds is 2. The van der Waals surface area contributed by atoms with Gasteiger partial charge >= 0.3 is 0 Å². The number of aromatic nitrogens is 1. The number of aromatic hydroxyl groups is 1. The Kier molecular flexibility index (Phi) is 4.48. The Hall–Kier alpha value is -1.84. The van der Waals surface area contributed by atoms with Gasteiger partial charge in [-0.3, -0.25) is 5.43 Å². The summed E-state index contributed by atoms with van der Waals surface area (Å²) in [7, 11) is 1.72. The molecule has 0 bridgehead atoms. The molecule has 0 aliphatic carbocycles. The van der Waals surface area contributed by atoms with Gasteiger partial charge in [0.05, 0.1) is 5.52 Å². The van der Waals surface area contributed by atoms with Crippen LogP contribution in [-0.4, -0.2) is 15.6 Å². The molecule has 18 heavy (non-hydrogen) atoms. The molecule has 2 rings (SSSR count). The number of nitrogens with two attached hydrogens (primary N) is 1. The van der Waals surface area contributed by atoms with Crippen molar-refractivity contribution in [2.24, 2.45) is 23.1 Å². The minimum atomic E-state index is -0.433. The fraction of sp³-hybridized carbons (Fsp3) is 0.100. The van der Waals surface area contributed by atoms with Crippen LogP contribution < -0.4 is 11.2 Å². The number of hydrazone groups is 1. The van der Waals surface area contributed by atoms with Crippen LogP contribution in [0.15, 0.2) is 34.5 Å². The molecular formula is C10H12IN5O2. The zero-order valence-electron chi connectivity index (χ0n) is 9.49. The lowest BCUT2D eigenvalue weighted by Crippen LogP contribution is -2.09. The lowest BCUT2D eigenvalue weighted by molar-refractivity contribution is 0.437. The van der Waals surface area contributed by atoms with Crippen molar-refractivity contribution in [1.29, 1.82) is 0 Å². The van der Waals surface area contributed by atoms with Crippen LogP contribution in [0.4, 0.5) is 5.69 Å². The minimum absolute atomic E-state index is 0. The SMILES string of the molecule is Cn1c(O)c(NN=C(N)N=O)c2ccccc21.I. The van der Waals surface area contributed by atoms with Gasteiger partial charge in [0.2, 0.25) is 5.88 Å². The molecule has 0 aliphatic rings. The lowest BCUT2D eigenvalue weighted by atomic mass is 10.2. The third-order valence-corrected chi connectivity index (χ3v) is 2.45. The zero-order chi connectivity index (χ0) is 12.4. The summed E-state index contributed by atoms with van der Waals surface area (Å²) in [5, 5.41) is 16.6. The molecule has 0 amide bonds. The zero-order valence-corrected chi connectivity index (χ0v) is 11.8. The van der Waals surface area contributed by atoms with Crippen molar-refractivity contribution in [3.05, 3.63) is 29.2 Å². The molecule has 8 heteroatoms. The molecule has 0 saturated carbocycles. The predicted octanol–water partition coefficient (Wildman–Crippen LogP) is 1.91. The number of para-hydroxylation sites is 1. The second-order valence-electron chi connectivity index (χ2n) is 3.45. The molecule has 7 nitrogen and oxygen atoms in total. The van der Waals surface area contributed by atoms with Crippen molar-refractivity contribution in [1.82, 2.24) is 4.57 Å². The number of anilines is 1. The van der Waals surface area contributed by atoms with Crippen LogP contribution in [0.1, 0.15) is 0 Å². The van der Waals surface area contributed by atoms with Crippen LogP contribution >= 0.6 is 24.0 Å². The first kappa shape index (κ1) is 14.2. The molecule has 0 atom stereocenters. The average Bonchev–Trinajstić information content (AvgIpc) is 2.60. The molecular weight excluding hydrogens is 349 g/mol. The normalized spacial score (nSPS) is 11.1. The Balaban J connectivity index is 0.00000162. The van der Waals surface area contributed by atoms with Gasteiger partial charge in [0.25, 0.3) is 5.96 Å². The summed E-state index contributed by atoms with van der Waals surface area (Å²) in [6, 6.07) is 7.36. The highest BCUT2D eigenvalue weighted by Crippen LogP contribution is 2.34. The van der Waals surface area contributed by atoms with E-state index in [2.05, 4.69) is 15.7 Å². The quantitative estimate of drug-likeness (QED) is 0.250. The maximum atomic E-state index is 10.1. The second kappa shape index (κ2) is 5.67. The highest BCUT2D eigenvalue weighted by atomic mass is 127. The molecule has 0 unspecified atom stereocenters. The Morgan fingerprint density at radius 3 is 2.78 bits per heavy atom. The number of guanidine groups is 1. The Labute approximate surface area is 120 Å². The molecule has 0 fully saturated rings. The fourth-order valence-corrected chi connectivity index (χ4v) is 1.62. The van der Waals surface area contributed by atoms with Crippen LogP contribution in [0.3, 0.4) is 0 Å². The molecule has 1 aromatic heterocycles.